The number of fused-ring (bicyclic) bond motifs is 1. The summed E-state index contributed by atoms with van der Waals surface area (Å²) in [7, 11) is 0. The van der Waals surface area contributed by atoms with Gasteiger partial charge in [0.2, 0.25) is 0 Å². The van der Waals surface area contributed by atoms with E-state index in [1.165, 1.54) is 6.07 Å². The van der Waals surface area contributed by atoms with Gasteiger partial charge >= 0.3 is 6.18 Å². The molecule has 0 aliphatic carbocycles. The van der Waals surface area contributed by atoms with Crippen molar-refractivity contribution in [1.29, 1.82) is 0 Å². The maximum Gasteiger partial charge on any atom is 0.416 e. The number of anilines is 1. The summed E-state index contributed by atoms with van der Waals surface area (Å²) in [6.07, 6.45) is -4.35. The Balaban J connectivity index is 1.90. The van der Waals surface area contributed by atoms with Gasteiger partial charge in [-0.15, -0.1) is 0 Å². The lowest BCUT2D eigenvalue weighted by Gasteiger charge is -2.12. The Bertz CT molecular complexity index is 894. The fraction of sp³-hybridized carbons (Fsp3) is 0.176. The molecule has 1 aromatic heterocycles. The molecule has 0 fully saturated rings. The van der Waals surface area contributed by atoms with E-state index in [2.05, 4.69) is 31.2 Å². The number of alkyl halides is 3. The van der Waals surface area contributed by atoms with Gasteiger partial charge in [-0.2, -0.15) is 13.2 Å². The van der Waals surface area contributed by atoms with Crippen LogP contribution in [0.1, 0.15) is 17.0 Å². The Hall–Kier alpha value is -2.15. The second-order valence-electron chi connectivity index (χ2n) is 5.33. The van der Waals surface area contributed by atoms with Gasteiger partial charge in [-0.25, -0.2) is 9.97 Å². The molecule has 0 saturated carbocycles. The van der Waals surface area contributed by atoms with Crippen molar-refractivity contribution in [3.8, 4) is 0 Å². The van der Waals surface area contributed by atoms with Gasteiger partial charge < -0.3 is 5.32 Å². The summed E-state index contributed by atoms with van der Waals surface area (Å²) < 4.78 is 39.3. The monoisotopic (exact) mass is 395 g/mol. The van der Waals surface area contributed by atoms with Crippen molar-refractivity contribution >= 4 is 32.7 Å². The quantitative estimate of drug-likeness (QED) is 0.650. The Kier molecular flexibility index (Phi) is 4.45. The number of nitrogens with zero attached hydrogens (tertiary/aromatic N) is 2. The molecule has 0 aliphatic rings. The summed E-state index contributed by atoms with van der Waals surface area (Å²) in [5, 5.41) is 3.92. The highest BCUT2D eigenvalue weighted by atomic mass is 79.9. The lowest BCUT2D eigenvalue weighted by atomic mass is 10.1. The van der Waals surface area contributed by atoms with E-state index < -0.39 is 11.7 Å². The number of rotatable bonds is 3. The first-order chi connectivity index (χ1) is 11.3. The zero-order valence-corrected chi connectivity index (χ0v) is 14.2. The van der Waals surface area contributed by atoms with E-state index in [1.807, 2.05) is 18.2 Å². The SMILES string of the molecule is Cc1nc(NCc2cccc(C(F)(F)F)c2)c2cc(Br)ccc2n1. The third kappa shape index (κ3) is 3.67. The Morgan fingerprint density at radius 1 is 1.08 bits per heavy atom. The average Bonchev–Trinajstić information content (AvgIpc) is 2.52. The molecule has 0 atom stereocenters. The van der Waals surface area contributed by atoms with Gasteiger partial charge in [-0.3, -0.25) is 0 Å². The van der Waals surface area contributed by atoms with Crippen LogP contribution < -0.4 is 5.32 Å². The first-order valence-corrected chi connectivity index (χ1v) is 7.96. The number of halogens is 4. The molecule has 3 nitrogen and oxygen atoms in total. The van der Waals surface area contributed by atoms with Gasteiger partial charge in [-0.1, -0.05) is 28.1 Å². The minimum atomic E-state index is -4.35. The highest BCUT2D eigenvalue weighted by molar-refractivity contribution is 9.10. The number of hydrogen-bond donors (Lipinski definition) is 1. The van der Waals surface area contributed by atoms with E-state index in [0.717, 1.165) is 27.5 Å². The van der Waals surface area contributed by atoms with Gasteiger partial charge in [0, 0.05) is 16.4 Å². The van der Waals surface area contributed by atoms with Gasteiger partial charge in [0.25, 0.3) is 0 Å². The van der Waals surface area contributed by atoms with Crippen molar-refractivity contribution in [2.45, 2.75) is 19.6 Å². The van der Waals surface area contributed by atoms with Gasteiger partial charge in [-0.05, 0) is 42.8 Å². The molecule has 3 aromatic rings. The average molecular weight is 396 g/mol. The van der Waals surface area contributed by atoms with Crippen LogP contribution in [-0.2, 0) is 12.7 Å². The Morgan fingerprint density at radius 2 is 1.88 bits per heavy atom. The molecule has 0 aliphatic heterocycles. The zero-order chi connectivity index (χ0) is 17.3. The maximum absolute atomic E-state index is 12.8. The van der Waals surface area contributed by atoms with Gasteiger partial charge in [0.1, 0.15) is 11.6 Å². The summed E-state index contributed by atoms with van der Waals surface area (Å²) >= 11 is 3.40. The Morgan fingerprint density at radius 3 is 2.62 bits per heavy atom. The highest BCUT2D eigenvalue weighted by Gasteiger charge is 2.30. The number of hydrogen-bond acceptors (Lipinski definition) is 3. The largest absolute Gasteiger partial charge is 0.416 e. The lowest BCUT2D eigenvalue weighted by molar-refractivity contribution is -0.137. The fourth-order valence-electron chi connectivity index (χ4n) is 2.39. The first kappa shape index (κ1) is 16.7. The molecule has 0 bridgehead atoms. The Labute approximate surface area is 145 Å². The predicted molar refractivity (Wildman–Crippen MR) is 90.7 cm³/mol. The van der Waals surface area contributed by atoms with Crippen LogP contribution in [0.3, 0.4) is 0 Å². The molecular formula is C17H13BrF3N3. The van der Waals surface area contributed by atoms with E-state index in [4.69, 9.17) is 0 Å². The minimum Gasteiger partial charge on any atom is -0.365 e. The standard InChI is InChI=1S/C17H13BrF3N3/c1-10-23-15-6-5-13(18)8-14(15)16(24-10)22-9-11-3-2-4-12(7-11)17(19,20)21/h2-8H,9H2,1H3,(H,22,23,24). The van der Waals surface area contributed by atoms with Crippen LogP contribution in [-0.4, -0.2) is 9.97 Å². The van der Waals surface area contributed by atoms with Crippen molar-refractivity contribution in [2.75, 3.05) is 5.32 Å². The molecule has 2 aromatic carbocycles. The molecule has 3 rings (SSSR count). The minimum absolute atomic E-state index is 0.238. The zero-order valence-electron chi connectivity index (χ0n) is 12.7. The van der Waals surface area contributed by atoms with Crippen LogP contribution in [0.25, 0.3) is 10.9 Å². The molecule has 0 unspecified atom stereocenters. The van der Waals surface area contributed by atoms with Crippen molar-refractivity contribution in [1.82, 2.24) is 9.97 Å². The van der Waals surface area contributed by atoms with Crippen LogP contribution in [0.4, 0.5) is 19.0 Å². The molecular weight excluding hydrogens is 383 g/mol. The number of benzene rings is 2. The van der Waals surface area contributed by atoms with E-state index in [9.17, 15) is 13.2 Å². The van der Waals surface area contributed by atoms with Crippen LogP contribution in [0.15, 0.2) is 46.9 Å². The molecule has 1 N–H and O–H groups in total. The molecule has 24 heavy (non-hydrogen) atoms. The molecule has 0 amide bonds. The topological polar surface area (TPSA) is 37.8 Å². The molecule has 7 heteroatoms. The van der Waals surface area contributed by atoms with E-state index in [-0.39, 0.29) is 6.54 Å². The van der Waals surface area contributed by atoms with Crippen LogP contribution in [0.2, 0.25) is 0 Å². The van der Waals surface area contributed by atoms with Gasteiger partial charge in [0.05, 0.1) is 11.1 Å². The second kappa shape index (κ2) is 6.39. The number of nitrogens with one attached hydrogen (secondary N) is 1. The van der Waals surface area contributed by atoms with Crippen LogP contribution >= 0.6 is 15.9 Å². The predicted octanol–water partition coefficient (Wildman–Crippen LogP) is 5.33. The fourth-order valence-corrected chi connectivity index (χ4v) is 2.76. The van der Waals surface area contributed by atoms with E-state index in [1.54, 1.807) is 13.0 Å². The van der Waals surface area contributed by atoms with Crippen molar-refractivity contribution in [3.05, 3.63) is 63.9 Å². The lowest BCUT2D eigenvalue weighted by Crippen LogP contribution is -2.08. The van der Waals surface area contributed by atoms with Gasteiger partial charge in [0.15, 0.2) is 0 Å². The summed E-state index contributed by atoms with van der Waals surface area (Å²) in [6.45, 7) is 2.01. The third-order valence-electron chi connectivity index (χ3n) is 3.48. The first-order valence-electron chi connectivity index (χ1n) is 7.17. The number of aryl methyl sites for hydroxylation is 1. The molecule has 0 spiro atoms. The molecule has 124 valence electrons. The van der Waals surface area contributed by atoms with Crippen LogP contribution in [0.5, 0.6) is 0 Å². The normalized spacial score (nSPS) is 11.7. The third-order valence-corrected chi connectivity index (χ3v) is 3.98. The smallest absolute Gasteiger partial charge is 0.365 e. The molecule has 0 radical (unpaired) electrons. The van der Waals surface area contributed by atoms with Crippen molar-refractivity contribution in [2.24, 2.45) is 0 Å². The van der Waals surface area contributed by atoms with Crippen LogP contribution in [0, 0.1) is 6.92 Å². The summed E-state index contributed by atoms with van der Waals surface area (Å²) in [5.41, 5.74) is 0.648. The second-order valence-corrected chi connectivity index (χ2v) is 6.25. The highest BCUT2D eigenvalue weighted by Crippen LogP contribution is 2.30. The molecule has 0 saturated heterocycles. The van der Waals surface area contributed by atoms with E-state index in [0.29, 0.717) is 17.2 Å². The maximum atomic E-state index is 12.8. The molecule has 1 heterocycles. The number of aromatic nitrogens is 2. The summed E-state index contributed by atoms with van der Waals surface area (Å²) in [4.78, 5) is 8.72. The summed E-state index contributed by atoms with van der Waals surface area (Å²) in [6, 6.07) is 10.9. The van der Waals surface area contributed by atoms with Crippen molar-refractivity contribution < 1.29 is 13.2 Å². The van der Waals surface area contributed by atoms with Crippen molar-refractivity contribution in [3.63, 3.8) is 0 Å². The summed E-state index contributed by atoms with van der Waals surface area (Å²) in [5.74, 6) is 1.19. The van der Waals surface area contributed by atoms with E-state index >= 15 is 0 Å².